The molecule has 0 saturated heterocycles. The maximum absolute atomic E-state index is 11.9. The maximum Gasteiger partial charge on any atom is 0.335 e. The Hall–Kier alpha value is -2.33. The van der Waals surface area contributed by atoms with Gasteiger partial charge in [0.2, 0.25) is 0 Å². The second-order valence-electron chi connectivity index (χ2n) is 3.85. The number of carbonyl (C=O) groups excluding carboxylic acids is 1. The Kier molecular flexibility index (Phi) is 3.82. The highest BCUT2D eigenvalue weighted by molar-refractivity contribution is 6.30. The number of carboxylic acids is 1. The number of rotatable bonds is 3. The van der Waals surface area contributed by atoms with E-state index in [2.05, 4.69) is 5.32 Å². The topological polar surface area (TPSA) is 66.4 Å². The number of carbonyl (C=O) groups is 2. The Morgan fingerprint density at radius 2 is 1.63 bits per heavy atom. The zero-order chi connectivity index (χ0) is 13.8. The van der Waals surface area contributed by atoms with Crippen LogP contribution in [0.4, 0.5) is 5.69 Å². The minimum Gasteiger partial charge on any atom is -0.478 e. The minimum absolute atomic E-state index is 0.0729. The number of anilines is 1. The van der Waals surface area contributed by atoms with Crippen molar-refractivity contribution in [1.82, 2.24) is 0 Å². The molecule has 2 rings (SSSR count). The van der Waals surface area contributed by atoms with Crippen LogP contribution in [0.5, 0.6) is 0 Å². The molecule has 0 fully saturated rings. The van der Waals surface area contributed by atoms with Crippen LogP contribution in [-0.2, 0) is 0 Å². The smallest absolute Gasteiger partial charge is 0.335 e. The van der Waals surface area contributed by atoms with E-state index in [0.29, 0.717) is 10.7 Å². The predicted octanol–water partition coefficient (Wildman–Crippen LogP) is 3.29. The number of benzene rings is 2. The van der Waals surface area contributed by atoms with Gasteiger partial charge in [-0.05, 0) is 42.5 Å². The van der Waals surface area contributed by atoms with Gasteiger partial charge in [-0.1, -0.05) is 17.7 Å². The first-order chi connectivity index (χ1) is 9.06. The molecular formula is C14H10ClNO3. The summed E-state index contributed by atoms with van der Waals surface area (Å²) < 4.78 is 0. The summed E-state index contributed by atoms with van der Waals surface area (Å²) in [6.07, 6.45) is 0. The van der Waals surface area contributed by atoms with Crippen molar-refractivity contribution in [2.24, 2.45) is 0 Å². The Morgan fingerprint density at radius 1 is 1.00 bits per heavy atom. The van der Waals surface area contributed by atoms with Crippen molar-refractivity contribution in [2.45, 2.75) is 0 Å². The van der Waals surface area contributed by atoms with E-state index in [-0.39, 0.29) is 17.0 Å². The van der Waals surface area contributed by atoms with Gasteiger partial charge >= 0.3 is 5.97 Å². The molecule has 0 atom stereocenters. The molecule has 2 aromatic carbocycles. The lowest BCUT2D eigenvalue weighted by molar-refractivity contribution is 0.0697. The molecule has 1 amide bonds. The van der Waals surface area contributed by atoms with E-state index in [1.165, 1.54) is 18.2 Å². The fraction of sp³-hybridized carbons (Fsp3) is 0. The highest BCUT2D eigenvalue weighted by atomic mass is 35.5. The molecule has 19 heavy (non-hydrogen) atoms. The van der Waals surface area contributed by atoms with E-state index in [1.54, 1.807) is 30.3 Å². The summed E-state index contributed by atoms with van der Waals surface area (Å²) in [6, 6.07) is 12.5. The predicted molar refractivity (Wildman–Crippen MR) is 72.8 cm³/mol. The van der Waals surface area contributed by atoms with Crippen LogP contribution >= 0.6 is 11.6 Å². The van der Waals surface area contributed by atoms with Crippen molar-refractivity contribution in [3.8, 4) is 0 Å². The molecule has 0 aromatic heterocycles. The van der Waals surface area contributed by atoms with E-state index in [0.717, 1.165) is 0 Å². The molecule has 5 heteroatoms. The molecular weight excluding hydrogens is 266 g/mol. The largest absolute Gasteiger partial charge is 0.478 e. The Balaban J connectivity index is 2.18. The molecule has 4 nitrogen and oxygen atoms in total. The number of aromatic carboxylic acids is 1. The first kappa shape index (κ1) is 13.1. The van der Waals surface area contributed by atoms with Gasteiger partial charge in [0.1, 0.15) is 0 Å². The van der Waals surface area contributed by atoms with Crippen molar-refractivity contribution >= 4 is 29.2 Å². The quantitative estimate of drug-likeness (QED) is 0.903. The summed E-state index contributed by atoms with van der Waals surface area (Å²) in [7, 11) is 0. The lowest BCUT2D eigenvalue weighted by Crippen LogP contribution is -2.12. The fourth-order valence-electron chi connectivity index (χ4n) is 1.53. The van der Waals surface area contributed by atoms with Gasteiger partial charge in [0.25, 0.3) is 5.91 Å². The third-order valence-corrected chi connectivity index (χ3v) is 2.73. The van der Waals surface area contributed by atoms with Crippen LogP contribution in [0.1, 0.15) is 20.7 Å². The molecule has 96 valence electrons. The number of nitrogens with one attached hydrogen (secondary N) is 1. The van der Waals surface area contributed by atoms with Gasteiger partial charge in [0.05, 0.1) is 5.56 Å². The van der Waals surface area contributed by atoms with Crippen LogP contribution < -0.4 is 5.32 Å². The SMILES string of the molecule is O=C(O)c1cccc(C(=O)Nc2ccc(Cl)cc2)c1. The lowest BCUT2D eigenvalue weighted by atomic mass is 10.1. The third-order valence-electron chi connectivity index (χ3n) is 2.47. The van der Waals surface area contributed by atoms with Crippen LogP contribution in [0.2, 0.25) is 5.02 Å². The van der Waals surface area contributed by atoms with Gasteiger partial charge in [-0.2, -0.15) is 0 Å². The molecule has 0 radical (unpaired) electrons. The number of carboxylic acid groups (broad SMARTS) is 1. The van der Waals surface area contributed by atoms with Crippen molar-refractivity contribution in [2.75, 3.05) is 5.32 Å². The van der Waals surface area contributed by atoms with Crippen LogP contribution in [0.15, 0.2) is 48.5 Å². The first-order valence-corrected chi connectivity index (χ1v) is 5.84. The van der Waals surface area contributed by atoms with Gasteiger partial charge < -0.3 is 10.4 Å². The standard InChI is InChI=1S/C14H10ClNO3/c15-11-4-6-12(7-5-11)16-13(17)9-2-1-3-10(8-9)14(18)19/h1-8H,(H,16,17)(H,18,19). The molecule has 0 saturated carbocycles. The van der Waals surface area contributed by atoms with Crippen LogP contribution in [-0.4, -0.2) is 17.0 Å². The van der Waals surface area contributed by atoms with Gasteiger partial charge in [-0.25, -0.2) is 4.79 Å². The normalized spacial score (nSPS) is 9.95. The average Bonchev–Trinajstić information content (AvgIpc) is 2.41. The summed E-state index contributed by atoms with van der Waals surface area (Å²) in [5, 5.41) is 12.1. The summed E-state index contributed by atoms with van der Waals surface area (Å²) in [5.74, 6) is -1.44. The zero-order valence-corrected chi connectivity index (χ0v) is 10.5. The summed E-state index contributed by atoms with van der Waals surface area (Å²) in [4.78, 5) is 22.8. The monoisotopic (exact) mass is 275 g/mol. The molecule has 2 N–H and O–H groups in total. The van der Waals surface area contributed by atoms with Gasteiger partial charge in [-0.15, -0.1) is 0 Å². The van der Waals surface area contributed by atoms with E-state index in [4.69, 9.17) is 16.7 Å². The van der Waals surface area contributed by atoms with E-state index < -0.39 is 5.97 Å². The molecule has 0 aliphatic rings. The molecule has 0 heterocycles. The summed E-state index contributed by atoms with van der Waals surface area (Å²) in [6.45, 7) is 0. The number of hydrogen-bond donors (Lipinski definition) is 2. The summed E-state index contributed by atoms with van der Waals surface area (Å²) in [5.41, 5.74) is 0.953. The van der Waals surface area contributed by atoms with E-state index in [1.807, 2.05) is 0 Å². The van der Waals surface area contributed by atoms with E-state index >= 15 is 0 Å². The Bertz CT molecular complexity index is 623. The number of halogens is 1. The third kappa shape index (κ3) is 3.33. The molecule has 0 aliphatic heterocycles. The second kappa shape index (κ2) is 5.54. The molecule has 0 unspecified atom stereocenters. The maximum atomic E-state index is 11.9. The Morgan fingerprint density at radius 3 is 2.26 bits per heavy atom. The first-order valence-electron chi connectivity index (χ1n) is 5.46. The zero-order valence-electron chi connectivity index (χ0n) is 9.76. The highest BCUT2D eigenvalue weighted by Gasteiger charge is 2.09. The van der Waals surface area contributed by atoms with Crippen molar-refractivity contribution in [3.05, 3.63) is 64.7 Å². The number of amides is 1. The van der Waals surface area contributed by atoms with Crippen LogP contribution in [0.25, 0.3) is 0 Å². The van der Waals surface area contributed by atoms with Crippen molar-refractivity contribution < 1.29 is 14.7 Å². The Labute approximate surface area is 114 Å². The summed E-state index contributed by atoms with van der Waals surface area (Å²) >= 11 is 5.74. The highest BCUT2D eigenvalue weighted by Crippen LogP contribution is 2.15. The van der Waals surface area contributed by atoms with Gasteiger partial charge in [0.15, 0.2) is 0 Å². The molecule has 0 spiro atoms. The van der Waals surface area contributed by atoms with Gasteiger partial charge in [0, 0.05) is 16.3 Å². The lowest BCUT2D eigenvalue weighted by Gasteiger charge is -2.05. The minimum atomic E-state index is -1.07. The average molecular weight is 276 g/mol. The van der Waals surface area contributed by atoms with Crippen molar-refractivity contribution in [1.29, 1.82) is 0 Å². The molecule has 0 aliphatic carbocycles. The van der Waals surface area contributed by atoms with Crippen LogP contribution in [0, 0.1) is 0 Å². The molecule has 2 aromatic rings. The fourth-order valence-corrected chi connectivity index (χ4v) is 1.66. The van der Waals surface area contributed by atoms with Crippen LogP contribution in [0.3, 0.4) is 0 Å². The second-order valence-corrected chi connectivity index (χ2v) is 4.28. The van der Waals surface area contributed by atoms with E-state index in [9.17, 15) is 9.59 Å². The van der Waals surface area contributed by atoms with Crippen molar-refractivity contribution in [3.63, 3.8) is 0 Å². The molecule has 0 bridgehead atoms. The van der Waals surface area contributed by atoms with Gasteiger partial charge in [-0.3, -0.25) is 4.79 Å². The number of hydrogen-bond acceptors (Lipinski definition) is 2.